The van der Waals surface area contributed by atoms with Crippen molar-refractivity contribution >= 4 is 17.5 Å². The first-order chi connectivity index (χ1) is 4.74. The fourth-order valence-corrected chi connectivity index (χ4v) is 1.53. The predicted octanol–water partition coefficient (Wildman–Crippen LogP) is 2.30. The van der Waals surface area contributed by atoms with E-state index in [9.17, 15) is 0 Å². The summed E-state index contributed by atoms with van der Waals surface area (Å²) in [5, 5.41) is 0.896. The SMILES string of the molecule is [C-]#[N+]/C(C)=C1\N=C(C)CS1. The van der Waals surface area contributed by atoms with Crippen LogP contribution in [0, 0.1) is 6.57 Å². The summed E-state index contributed by atoms with van der Waals surface area (Å²) >= 11 is 1.65. The molecule has 0 amide bonds. The first-order valence-electron chi connectivity index (χ1n) is 2.99. The molecule has 0 fully saturated rings. The Morgan fingerprint density at radius 2 is 2.50 bits per heavy atom. The fraction of sp³-hybridized carbons (Fsp3) is 0.429. The van der Waals surface area contributed by atoms with Gasteiger partial charge in [0.1, 0.15) is 0 Å². The Balaban J connectivity index is 2.89. The number of hydrogen-bond donors (Lipinski definition) is 0. The molecular weight excluding hydrogens is 144 g/mol. The molecule has 10 heavy (non-hydrogen) atoms. The molecule has 0 aromatic carbocycles. The molecule has 3 heteroatoms. The van der Waals surface area contributed by atoms with E-state index in [-0.39, 0.29) is 0 Å². The molecule has 0 aromatic rings. The van der Waals surface area contributed by atoms with Gasteiger partial charge in [-0.3, -0.25) is 4.99 Å². The van der Waals surface area contributed by atoms with Gasteiger partial charge in [-0.25, -0.2) is 4.85 Å². The van der Waals surface area contributed by atoms with Crippen LogP contribution in [0.4, 0.5) is 0 Å². The summed E-state index contributed by atoms with van der Waals surface area (Å²) in [4.78, 5) is 7.51. The lowest BCUT2D eigenvalue weighted by Gasteiger charge is -1.89. The smallest absolute Gasteiger partial charge is 0.193 e. The first kappa shape index (κ1) is 7.36. The number of rotatable bonds is 0. The third-order valence-corrected chi connectivity index (χ3v) is 2.41. The Labute approximate surface area is 64.9 Å². The molecule has 0 unspecified atom stereocenters. The summed E-state index contributed by atoms with van der Waals surface area (Å²) in [6, 6.07) is 0. The summed E-state index contributed by atoms with van der Waals surface area (Å²) in [6.45, 7) is 10.5. The summed E-state index contributed by atoms with van der Waals surface area (Å²) < 4.78 is 0. The molecule has 2 nitrogen and oxygen atoms in total. The van der Waals surface area contributed by atoms with Crippen LogP contribution in [-0.4, -0.2) is 11.5 Å². The maximum Gasteiger partial charge on any atom is 0.193 e. The molecule has 1 aliphatic heterocycles. The Kier molecular flexibility index (Phi) is 2.13. The topological polar surface area (TPSA) is 16.7 Å². The Bertz CT molecular complexity index is 245. The van der Waals surface area contributed by atoms with Gasteiger partial charge in [-0.15, -0.1) is 11.8 Å². The van der Waals surface area contributed by atoms with E-state index in [1.807, 2.05) is 6.92 Å². The van der Waals surface area contributed by atoms with Crippen molar-refractivity contribution in [1.82, 2.24) is 0 Å². The monoisotopic (exact) mass is 152 g/mol. The quantitative estimate of drug-likeness (QED) is 0.487. The molecule has 0 saturated heterocycles. The zero-order valence-electron chi connectivity index (χ0n) is 6.01. The lowest BCUT2D eigenvalue weighted by atomic mass is 10.5. The molecule has 0 aromatic heterocycles. The van der Waals surface area contributed by atoms with Crippen LogP contribution in [0.1, 0.15) is 13.8 Å². The molecule has 1 aliphatic rings. The predicted molar refractivity (Wildman–Crippen MR) is 44.9 cm³/mol. The van der Waals surface area contributed by atoms with Crippen molar-refractivity contribution < 1.29 is 0 Å². The van der Waals surface area contributed by atoms with Crippen LogP contribution < -0.4 is 0 Å². The molecule has 0 aliphatic carbocycles. The van der Waals surface area contributed by atoms with Crippen molar-refractivity contribution in [3.63, 3.8) is 0 Å². The van der Waals surface area contributed by atoms with Crippen LogP contribution in [0.25, 0.3) is 4.85 Å². The first-order valence-corrected chi connectivity index (χ1v) is 3.98. The molecule has 52 valence electrons. The normalized spacial score (nSPS) is 21.9. The highest BCUT2D eigenvalue weighted by Gasteiger charge is 2.09. The molecule has 0 saturated carbocycles. The van der Waals surface area contributed by atoms with Gasteiger partial charge >= 0.3 is 0 Å². The van der Waals surface area contributed by atoms with Crippen LogP contribution in [0.3, 0.4) is 0 Å². The van der Waals surface area contributed by atoms with Crippen molar-refractivity contribution in [1.29, 1.82) is 0 Å². The highest BCUT2D eigenvalue weighted by molar-refractivity contribution is 8.04. The minimum Gasteiger partial charge on any atom is -0.262 e. The van der Waals surface area contributed by atoms with E-state index in [4.69, 9.17) is 6.57 Å². The molecule has 0 bridgehead atoms. The summed E-state index contributed by atoms with van der Waals surface area (Å²) in [5.74, 6) is 0.947. The van der Waals surface area contributed by atoms with Crippen LogP contribution in [0.15, 0.2) is 15.7 Å². The van der Waals surface area contributed by atoms with E-state index < -0.39 is 0 Å². The number of hydrogen-bond acceptors (Lipinski definition) is 2. The zero-order chi connectivity index (χ0) is 7.56. The van der Waals surface area contributed by atoms with Gasteiger partial charge < -0.3 is 0 Å². The number of thioether (sulfide) groups is 1. The highest BCUT2D eigenvalue weighted by atomic mass is 32.2. The van der Waals surface area contributed by atoms with E-state index in [1.54, 1.807) is 18.7 Å². The minimum absolute atomic E-state index is 0.710. The van der Waals surface area contributed by atoms with E-state index in [1.165, 1.54) is 0 Å². The van der Waals surface area contributed by atoms with Crippen molar-refractivity contribution in [2.24, 2.45) is 4.99 Å². The molecule has 1 heterocycles. The van der Waals surface area contributed by atoms with E-state index in [0.29, 0.717) is 5.70 Å². The molecular formula is C7H8N2S. The minimum atomic E-state index is 0.710. The van der Waals surface area contributed by atoms with Gasteiger partial charge in [-0.2, -0.15) is 0 Å². The second-order valence-corrected chi connectivity index (χ2v) is 3.10. The van der Waals surface area contributed by atoms with Gasteiger partial charge in [0.2, 0.25) is 0 Å². The van der Waals surface area contributed by atoms with Crippen LogP contribution >= 0.6 is 11.8 Å². The Morgan fingerprint density at radius 1 is 1.80 bits per heavy atom. The van der Waals surface area contributed by atoms with Crippen molar-refractivity contribution in [3.05, 3.63) is 22.1 Å². The highest BCUT2D eigenvalue weighted by Crippen LogP contribution is 2.27. The van der Waals surface area contributed by atoms with Gasteiger partial charge in [-0.1, -0.05) is 0 Å². The van der Waals surface area contributed by atoms with Gasteiger partial charge in [-0.05, 0) is 13.8 Å². The van der Waals surface area contributed by atoms with Gasteiger partial charge in [0, 0.05) is 11.5 Å². The van der Waals surface area contributed by atoms with Crippen LogP contribution in [-0.2, 0) is 0 Å². The second-order valence-electron chi connectivity index (χ2n) is 2.14. The molecule has 0 radical (unpaired) electrons. The van der Waals surface area contributed by atoms with Gasteiger partial charge in [0.25, 0.3) is 0 Å². The van der Waals surface area contributed by atoms with Crippen LogP contribution in [0.2, 0.25) is 0 Å². The lowest BCUT2D eigenvalue weighted by Crippen LogP contribution is -1.84. The summed E-state index contributed by atoms with van der Waals surface area (Å²) in [7, 11) is 0. The maximum absolute atomic E-state index is 6.72. The third-order valence-electron chi connectivity index (χ3n) is 1.19. The Morgan fingerprint density at radius 3 is 2.90 bits per heavy atom. The molecule has 0 spiro atoms. The molecule has 1 rings (SSSR count). The maximum atomic E-state index is 6.72. The zero-order valence-corrected chi connectivity index (χ0v) is 6.83. The molecule has 0 atom stereocenters. The van der Waals surface area contributed by atoms with Crippen molar-refractivity contribution in [3.8, 4) is 0 Å². The third kappa shape index (κ3) is 1.39. The second kappa shape index (κ2) is 2.89. The number of allylic oxidation sites excluding steroid dienone is 1. The Hall–Kier alpha value is -0.750. The van der Waals surface area contributed by atoms with Crippen molar-refractivity contribution in [2.75, 3.05) is 5.75 Å². The number of nitrogens with zero attached hydrogens (tertiary/aromatic N) is 2. The average molecular weight is 152 g/mol. The molecule has 0 N–H and O–H groups in total. The lowest BCUT2D eigenvalue weighted by molar-refractivity contribution is 1.39. The van der Waals surface area contributed by atoms with Gasteiger partial charge in [0.15, 0.2) is 5.70 Å². The standard InChI is InChI=1S/C7H8N2S/c1-5-4-10-7(9-5)6(2)8-3/h4H2,1-2H3/b7-6+. The number of aliphatic imine (C=N–C) groups is 1. The van der Waals surface area contributed by atoms with Crippen LogP contribution in [0.5, 0.6) is 0 Å². The average Bonchev–Trinajstić information content (AvgIpc) is 2.34. The fourth-order valence-electron chi connectivity index (χ4n) is 0.644. The van der Waals surface area contributed by atoms with E-state index in [0.717, 1.165) is 16.5 Å². The van der Waals surface area contributed by atoms with E-state index in [2.05, 4.69) is 9.84 Å². The van der Waals surface area contributed by atoms with Gasteiger partial charge in [0.05, 0.1) is 11.6 Å². The summed E-state index contributed by atoms with van der Waals surface area (Å²) in [5.41, 5.74) is 1.82. The summed E-state index contributed by atoms with van der Waals surface area (Å²) in [6.07, 6.45) is 0. The van der Waals surface area contributed by atoms with E-state index >= 15 is 0 Å². The van der Waals surface area contributed by atoms with Crippen molar-refractivity contribution in [2.45, 2.75) is 13.8 Å². The largest absolute Gasteiger partial charge is 0.262 e.